The summed E-state index contributed by atoms with van der Waals surface area (Å²) >= 11 is 3.47. The lowest BCUT2D eigenvalue weighted by Gasteiger charge is -2.09. The molecule has 0 radical (unpaired) electrons. The standard InChI is InChI=1S/C20H18BrN3O3/c1-13-9-19(24(23-13)16-4-2-3-15(21)11-16)22-20(25)8-6-14-5-7-17-18(10-14)27-12-26-17/h2-5,7,9-11H,6,8,12H2,1H3,(H,22,25). The number of nitrogens with zero attached hydrogens (tertiary/aromatic N) is 2. The Labute approximate surface area is 165 Å². The first-order valence-corrected chi connectivity index (χ1v) is 9.39. The predicted octanol–water partition coefficient (Wildman–Crippen LogP) is 4.24. The molecule has 27 heavy (non-hydrogen) atoms. The molecule has 0 saturated carbocycles. The lowest BCUT2D eigenvalue weighted by atomic mass is 10.1. The molecule has 0 saturated heterocycles. The second-order valence-corrected chi connectivity index (χ2v) is 7.21. The molecular formula is C20H18BrN3O3. The summed E-state index contributed by atoms with van der Waals surface area (Å²) in [7, 11) is 0. The van der Waals surface area contributed by atoms with Crippen LogP contribution in [0.3, 0.4) is 0 Å². The van der Waals surface area contributed by atoms with Crippen molar-refractivity contribution in [1.82, 2.24) is 9.78 Å². The van der Waals surface area contributed by atoms with Crippen molar-refractivity contribution >= 4 is 27.7 Å². The zero-order valence-electron chi connectivity index (χ0n) is 14.7. The van der Waals surface area contributed by atoms with Crippen molar-refractivity contribution < 1.29 is 14.3 Å². The van der Waals surface area contributed by atoms with Crippen molar-refractivity contribution in [3.05, 3.63) is 64.3 Å². The molecule has 6 nitrogen and oxygen atoms in total. The van der Waals surface area contributed by atoms with E-state index in [-0.39, 0.29) is 12.7 Å². The van der Waals surface area contributed by atoms with E-state index >= 15 is 0 Å². The zero-order valence-corrected chi connectivity index (χ0v) is 16.3. The molecule has 0 atom stereocenters. The van der Waals surface area contributed by atoms with E-state index in [1.54, 1.807) is 4.68 Å². The predicted molar refractivity (Wildman–Crippen MR) is 106 cm³/mol. The van der Waals surface area contributed by atoms with Gasteiger partial charge in [-0.3, -0.25) is 4.79 Å². The largest absolute Gasteiger partial charge is 0.454 e. The maximum Gasteiger partial charge on any atom is 0.231 e. The first-order chi connectivity index (χ1) is 13.1. The number of fused-ring (bicyclic) bond motifs is 1. The van der Waals surface area contributed by atoms with E-state index in [4.69, 9.17) is 9.47 Å². The van der Waals surface area contributed by atoms with Gasteiger partial charge in [0.05, 0.1) is 11.4 Å². The van der Waals surface area contributed by atoms with Crippen LogP contribution in [0.4, 0.5) is 5.82 Å². The van der Waals surface area contributed by atoms with Crippen LogP contribution in [0.25, 0.3) is 5.69 Å². The van der Waals surface area contributed by atoms with Gasteiger partial charge in [0.1, 0.15) is 5.82 Å². The second kappa shape index (κ2) is 7.44. The van der Waals surface area contributed by atoms with Crippen molar-refractivity contribution in [3.63, 3.8) is 0 Å². The molecule has 0 bridgehead atoms. The minimum absolute atomic E-state index is 0.0659. The third-order valence-electron chi connectivity index (χ3n) is 4.23. The van der Waals surface area contributed by atoms with E-state index in [2.05, 4.69) is 26.3 Å². The number of anilines is 1. The fourth-order valence-electron chi connectivity index (χ4n) is 2.95. The number of halogens is 1. The quantitative estimate of drug-likeness (QED) is 0.660. The SMILES string of the molecule is Cc1cc(NC(=O)CCc2ccc3c(c2)OCO3)n(-c2cccc(Br)c2)n1. The molecule has 0 fully saturated rings. The fraction of sp³-hybridized carbons (Fsp3) is 0.200. The Balaban J connectivity index is 1.44. The molecule has 2 aromatic carbocycles. The average molecular weight is 428 g/mol. The summed E-state index contributed by atoms with van der Waals surface area (Å²) in [4.78, 5) is 12.5. The number of aryl methyl sites for hydroxylation is 2. The van der Waals surface area contributed by atoms with Gasteiger partial charge in [-0.05, 0) is 49.2 Å². The highest BCUT2D eigenvalue weighted by molar-refractivity contribution is 9.10. The lowest BCUT2D eigenvalue weighted by Crippen LogP contribution is -2.15. The minimum Gasteiger partial charge on any atom is -0.454 e. The van der Waals surface area contributed by atoms with Gasteiger partial charge in [0, 0.05) is 17.0 Å². The number of nitrogens with one attached hydrogen (secondary N) is 1. The van der Waals surface area contributed by atoms with Gasteiger partial charge in [-0.1, -0.05) is 28.1 Å². The van der Waals surface area contributed by atoms with Crippen molar-refractivity contribution in [2.75, 3.05) is 12.1 Å². The fourth-order valence-corrected chi connectivity index (χ4v) is 3.34. The zero-order chi connectivity index (χ0) is 18.8. The highest BCUT2D eigenvalue weighted by atomic mass is 79.9. The van der Waals surface area contributed by atoms with Crippen molar-refractivity contribution in [1.29, 1.82) is 0 Å². The van der Waals surface area contributed by atoms with Crippen LogP contribution in [0.5, 0.6) is 11.5 Å². The number of benzene rings is 2. The minimum atomic E-state index is -0.0659. The molecule has 1 aliphatic rings. The summed E-state index contributed by atoms with van der Waals surface area (Å²) < 4.78 is 13.4. The van der Waals surface area contributed by atoms with Gasteiger partial charge in [-0.25, -0.2) is 4.68 Å². The number of hydrogen-bond acceptors (Lipinski definition) is 4. The van der Waals surface area contributed by atoms with E-state index in [1.807, 2.05) is 55.5 Å². The molecule has 2 heterocycles. The number of ether oxygens (including phenoxy) is 2. The number of hydrogen-bond donors (Lipinski definition) is 1. The Morgan fingerprint density at radius 2 is 2.04 bits per heavy atom. The van der Waals surface area contributed by atoms with Crippen LogP contribution in [0.2, 0.25) is 0 Å². The van der Waals surface area contributed by atoms with Crippen molar-refractivity contribution in [3.8, 4) is 17.2 Å². The molecule has 1 amide bonds. The molecule has 1 aliphatic heterocycles. The number of carbonyl (C=O) groups is 1. The number of aromatic nitrogens is 2. The summed E-state index contributed by atoms with van der Waals surface area (Å²) in [5.74, 6) is 2.07. The number of rotatable bonds is 5. The first-order valence-electron chi connectivity index (χ1n) is 8.59. The van der Waals surface area contributed by atoms with Gasteiger partial charge in [0.2, 0.25) is 12.7 Å². The first kappa shape index (κ1) is 17.6. The molecule has 7 heteroatoms. The highest BCUT2D eigenvalue weighted by Crippen LogP contribution is 2.32. The second-order valence-electron chi connectivity index (χ2n) is 6.30. The van der Waals surface area contributed by atoms with Gasteiger partial charge in [-0.2, -0.15) is 5.10 Å². The van der Waals surface area contributed by atoms with Crippen molar-refractivity contribution in [2.45, 2.75) is 19.8 Å². The molecule has 1 aromatic heterocycles. The van der Waals surface area contributed by atoms with Gasteiger partial charge in [0.15, 0.2) is 11.5 Å². The van der Waals surface area contributed by atoms with E-state index in [0.717, 1.165) is 32.9 Å². The summed E-state index contributed by atoms with van der Waals surface area (Å²) in [6, 6.07) is 15.4. The molecule has 138 valence electrons. The summed E-state index contributed by atoms with van der Waals surface area (Å²) in [5.41, 5.74) is 2.75. The van der Waals surface area contributed by atoms with Crippen LogP contribution in [0, 0.1) is 6.92 Å². The lowest BCUT2D eigenvalue weighted by molar-refractivity contribution is -0.116. The smallest absolute Gasteiger partial charge is 0.231 e. The molecule has 0 spiro atoms. The van der Waals surface area contributed by atoms with Crippen LogP contribution in [0.15, 0.2) is 53.0 Å². The third-order valence-corrected chi connectivity index (χ3v) is 4.72. The van der Waals surface area contributed by atoms with Crippen LogP contribution in [-0.2, 0) is 11.2 Å². The summed E-state index contributed by atoms with van der Waals surface area (Å²) in [6.45, 7) is 2.15. The number of amides is 1. The maximum atomic E-state index is 12.5. The number of carbonyl (C=O) groups excluding carboxylic acids is 1. The summed E-state index contributed by atoms with van der Waals surface area (Å²) in [6.07, 6.45) is 0.981. The van der Waals surface area contributed by atoms with E-state index in [1.165, 1.54) is 0 Å². The van der Waals surface area contributed by atoms with E-state index in [0.29, 0.717) is 18.7 Å². The summed E-state index contributed by atoms with van der Waals surface area (Å²) in [5, 5.41) is 7.45. The molecular weight excluding hydrogens is 410 g/mol. The van der Waals surface area contributed by atoms with Gasteiger partial charge < -0.3 is 14.8 Å². The Morgan fingerprint density at radius 3 is 2.89 bits per heavy atom. The molecule has 4 rings (SSSR count). The van der Waals surface area contributed by atoms with Crippen LogP contribution in [0.1, 0.15) is 17.7 Å². The average Bonchev–Trinajstić information content (AvgIpc) is 3.25. The topological polar surface area (TPSA) is 65.4 Å². The van der Waals surface area contributed by atoms with Gasteiger partial charge >= 0.3 is 0 Å². The van der Waals surface area contributed by atoms with Crippen LogP contribution < -0.4 is 14.8 Å². The Kier molecular flexibility index (Phi) is 4.85. The van der Waals surface area contributed by atoms with Gasteiger partial charge in [0.25, 0.3) is 0 Å². The highest BCUT2D eigenvalue weighted by Gasteiger charge is 2.15. The van der Waals surface area contributed by atoms with Crippen molar-refractivity contribution in [2.24, 2.45) is 0 Å². The maximum absolute atomic E-state index is 12.5. The monoisotopic (exact) mass is 427 g/mol. The Morgan fingerprint density at radius 1 is 1.19 bits per heavy atom. The van der Waals surface area contributed by atoms with E-state index in [9.17, 15) is 4.79 Å². The molecule has 1 N–H and O–H groups in total. The molecule has 0 aliphatic carbocycles. The molecule has 3 aromatic rings. The third kappa shape index (κ3) is 3.98. The molecule has 0 unspecified atom stereocenters. The van der Waals surface area contributed by atoms with Gasteiger partial charge in [-0.15, -0.1) is 0 Å². The Bertz CT molecular complexity index is 1000. The normalized spacial score (nSPS) is 12.2. The Hall–Kier alpha value is -2.80. The van der Waals surface area contributed by atoms with Crippen LogP contribution in [-0.4, -0.2) is 22.5 Å². The van der Waals surface area contributed by atoms with E-state index < -0.39 is 0 Å². The van der Waals surface area contributed by atoms with Crippen LogP contribution >= 0.6 is 15.9 Å².